The Labute approximate surface area is 193 Å². The molecule has 0 aliphatic heterocycles. The van der Waals surface area contributed by atoms with Gasteiger partial charge in [0.15, 0.2) is 0 Å². The first kappa shape index (κ1) is 25.4. The van der Waals surface area contributed by atoms with E-state index in [9.17, 15) is 14.4 Å². The number of ketones is 1. The number of benzene rings is 1. The zero-order valence-corrected chi connectivity index (χ0v) is 20.5. The molecular formula is C24H34BrNO5. The van der Waals surface area contributed by atoms with E-state index in [1.165, 1.54) is 7.11 Å². The molecule has 1 aliphatic carbocycles. The van der Waals surface area contributed by atoms with Crippen molar-refractivity contribution in [2.24, 2.45) is 17.8 Å². The number of alkyl carbamates (subject to hydrolysis) is 1. The summed E-state index contributed by atoms with van der Waals surface area (Å²) in [4.78, 5) is 37.0. The van der Waals surface area contributed by atoms with Gasteiger partial charge in [-0.1, -0.05) is 28.1 Å². The van der Waals surface area contributed by atoms with Crippen molar-refractivity contribution in [2.45, 2.75) is 64.9 Å². The standard InChI is InChI=1S/C24H34BrNO5/c1-24(2,3)31-23(29)26-15-16-8-10-18(11-9-16)21(27)14-19(22(28)30-4)12-17-6-5-7-20(25)13-17/h5-7,13,16,18-19H,8-12,14-15H2,1-4H3,(H,26,29)/t16?,18?,19-/m1/s1. The van der Waals surface area contributed by atoms with E-state index in [4.69, 9.17) is 9.47 Å². The predicted octanol–water partition coefficient (Wildman–Crippen LogP) is 5.07. The lowest BCUT2D eigenvalue weighted by molar-refractivity contribution is -0.147. The predicted molar refractivity (Wildman–Crippen MR) is 123 cm³/mol. The Morgan fingerprint density at radius 1 is 1.16 bits per heavy atom. The van der Waals surface area contributed by atoms with Crippen molar-refractivity contribution in [3.63, 3.8) is 0 Å². The lowest BCUT2D eigenvalue weighted by atomic mass is 9.78. The summed E-state index contributed by atoms with van der Waals surface area (Å²) in [5.74, 6) is -0.382. The zero-order valence-electron chi connectivity index (χ0n) is 18.9. The number of nitrogens with one attached hydrogen (secondary N) is 1. The Kier molecular flexibility index (Phi) is 9.54. The Bertz CT molecular complexity index is 765. The van der Waals surface area contributed by atoms with Gasteiger partial charge in [0.1, 0.15) is 11.4 Å². The maximum Gasteiger partial charge on any atom is 0.407 e. The summed E-state index contributed by atoms with van der Waals surface area (Å²) >= 11 is 3.44. The van der Waals surface area contributed by atoms with E-state index in [1.807, 2.05) is 45.0 Å². The van der Waals surface area contributed by atoms with Crippen LogP contribution in [0.25, 0.3) is 0 Å². The van der Waals surface area contributed by atoms with Gasteiger partial charge in [-0.05, 0) is 76.5 Å². The Morgan fingerprint density at radius 3 is 2.42 bits per heavy atom. The van der Waals surface area contributed by atoms with Crippen LogP contribution in [0.5, 0.6) is 0 Å². The van der Waals surface area contributed by atoms with Gasteiger partial charge in [0.2, 0.25) is 0 Å². The fraction of sp³-hybridized carbons (Fsp3) is 0.625. The molecule has 0 heterocycles. The number of Topliss-reactive ketones (excluding diaryl/α,β-unsaturated/α-hetero) is 1. The summed E-state index contributed by atoms with van der Waals surface area (Å²) in [5, 5.41) is 2.83. The largest absolute Gasteiger partial charge is 0.469 e. The molecule has 1 aliphatic rings. The number of rotatable bonds is 8. The normalized spacial score (nSPS) is 19.9. The van der Waals surface area contributed by atoms with E-state index in [0.29, 0.717) is 18.9 Å². The van der Waals surface area contributed by atoms with E-state index in [-0.39, 0.29) is 24.1 Å². The van der Waals surface area contributed by atoms with Crippen LogP contribution in [0.3, 0.4) is 0 Å². The van der Waals surface area contributed by atoms with Crippen molar-refractivity contribution in [3.8, 4) is 0 Å². The van der Waals surface area contributed by atoms with Crippen LogP contribution in [-0.2, 0) is 25.5 Å². The topological polar surface area (TPSA) is 81.7 Å². The smallest absolute Gasteiger partial charge is 0.407 e. The molecule has 0 unspecified atom stereocenters. The van der Waals surface area contributed by atoms with Crippen LogP contribution in [0.15, 0.2) is 28.7 Å². The third kappa shape index (κ3) is 9.01. The minimum Gasteiger partial charge on any atom is -0.469 e. The number of amides is 1. The van der Waals surface area contributed by atoms with E-state index >= 15 is 0 Å². The van der Waals surface area contributed by atoms with E-state index < -0.39 is 17.6 Å². The summed E-state index contributed by atoms with van der Waals surface area (Å²) in [6.07, 6.45) is 3.59. The third-order valence-electron chi connectivity index (χ3n) is 5.59. The van der Waals surface area contributed by atoms with Gasteiger partial charge < -0.3 is 14.8 Å². The summed E-state index contributed by atoms with van der Waals surface area (Å²) in [5.41, 5.74) is 0.481. The minimum absolute atomic E-state index is 0.0348. The second kappa shape index (κ2) is 11.7. The molecule has 1 aromatic rings. The molecule has 0 saturated heterocycles. The highest BCUT2D eigenvalue weighted by atomic mass is 79.9. The van der Waals surface area contributed by atoms with E-state index in [2.05, 4.69) is 21.2 Å². The number of ether oxygens (including phenoxy) is 2. The number of esters is 1. The van der Waals surface area contributed by atoms with Crippen LogP contribution in [-0.4, -0.2) is 37.1 Å². The number of hydrogen-bond acceptors (Lipinski definition) is 5. The number of halogens is 1. The van der Waals surface area contributed by atoms with E-state index in [0.717, 1.165) is 35.7 Å². The Morgan fingerprint density at radius 2 is 1.84 bits per heavy atom. The molecule has 0 spiro atoms. The molecule has 2 rings (SSSR count). The zero-order chi connectivity index (χ0) is 23.0. The monoisotopic (exact) mass is 495 g/mol. The second-order valence-corrected chi connectivity index (χ2v) is 10.2. The van der Waals surface area contributed by atoms with Gasteiger partial charge in [-0.25, -0.2) is 4.79 Å². The lowest BCUT2D eigenvalue weighted by Crippen LogP contribution is -2.36. The molecule has 1 fully saturated rings. The summed E-state index contributed by atoms with van der Waals surface area (Å²) in [7, 11) is 1.36. The first-order valence-electron chi connectivity index (χ1n) is 10.9. The van der Waals surface area contributed by atoms with Crippen molar-refractivity contribution in [1.82, 2.24) is 5.32 Å². The van der Waals surface area contributed by atoms with Crippen LogP contribution in [0.2, 0.25) is 0 Å². The molecular weight excluding hydrogens is 462 g/mol. The molecule has 7 heteroatoms. The van der Waals surface area contributed by atoms with Crippen LogP contribution in [0.1, 0.15) is 58.4 Å². The van der Waals surface area contributed by atoms with Gasteiger partial charge in [0, 0.05) is 23.4 Å². The SMILES string of the molecule is COC(=O)[C@@H](CC(=O)C1CCC(CNC(=O)OC(C)(C)C)CC1)Cc1cccc(Br)c1. The Hall–Kier alpha value is -1.89. The van der Waals surface area contributed by atoms with Crippen LogP contribution in [0, 0.1) is 17.8 Å². The van der Waals surface area contributed by atoms with Crippen molar-refractivity contribution < 1.29 is 23.9 Å². The summed E-state index contributed by atoms with van der Waals surface area (Å²) < 4.78 is 11.2. The number of carbonyl (C=O) groups excluding carboxylic acids is 3. The third-order valence-corrected chi connectivity index (χ3v) is 6.08. The highest BCUT2D eigenvalue weighted by Gasteiger charge is 2.31. The number of methoxy groups -OCH3 is 1. The van der Waals surface area contributed by atoms with Gasteiger partial charge >= 0.3 is 12.1 Å². The van der Waals surface area contributed by atoms with Gasteiger partial charge in [-0.3, -0.25) is 9.59 Å². The summed E-state index contributed by atoms with van der Waals surface area (Å²) in [6.45, 7) is 6.06. The quantitative estimate of drug-likeness (QED) is 0.509. The fourth-order valence-corrected chi connectivity index (χ4v) is 4.44. The van der Waals surface area contributed by atoms with Gasteiger partial charge in [-0.15, -0.1) is 0 Å². The minimum atomic E-state index is -0.514. The molecule has 172 valence electrons. The molecule has 1 aromatic carbocycles. The molecule has 1 N–H and O–H groups in total. The lowest BCUT2D eigenvalue weighted by Gasteiger charge is -2.29. The molecule has 1 atom stereocenters. The second-order valence-electron chi connectivity index (χ2n) is 9.33. The average molecular weight is 496 g/mol. The molecule has 1 amide bonds. The maximum atomic E-state index is 12.9. The molecule has 0 radical (unpaired) electrons. The molecule has 6 nitrogen and oxygen atoms in total. The first-order chi connectivity index (χ1) is 14.6. The van der Waals surface area contributed by atoms with Crippen molar-refractivity contribution in [1.29, 1.82) is 0 Å². The first-order valence-corrected chi connectivity index (χ1v) is 11.7. The van der Waals surface area contributed by atoms with E-state index in [1.54, 1.807) is 0 Å². The maximum absolute atomic E-state index is 12.9. The van der Waals surface area contributed by atoms with Gasteiger partial charge in [0.25, 0.3) is 0 Å². The van der Waals surface area contributed by atoms with Crippen LogP contribution in [0.4, 0.5) is 4.79 Å². The molecule has 31 heavy (non-hydrogen) atoms. The summed E-state index contributed by atoms with van der Waals surface area (Å²) in [6, 6.07) is 7.76. The van der Waals surface area contributed by atoms with Crippen LogP contribution >= 0.6 is 15.9 Å². The Balaban J connectivity index is 1.83. The van der Waals surface area contributed by atoms with Crippen LogP contribution < -0.4 is 5.32 Å². The van der Waals surface area contributed by atoms with Gasteiger partial charge in [0.05, 0.1) is 13.0 Å². The molecule has 0 aromatic heterocycles. The van der Waals surface area contributed by atoms with Crippen molar-refractivity contribution >= 4 is 33.8 Å². The highest BCUT2D eigenvalue weighted by molar-refractivity contribution is 9.10. The molecule has 0 bridgehead atoms. The fourth-order valence-electron chi connectivity index (χ4n) is 3.99. The number of carbonyl (C=O) groups is 3. The van der Waals surface area contributed by atoms with Crippen molar-refractivity contribution in [2.75, 3.05) is 13.7 Å². The molecule has 1 saturated carbocycles. The highest BCUT2D eigenvalue weighted by Crippen LogP contribution is 2.31. The average Bonchev–Trinajstić information content (AvgIpc) is 2.70. The van der Waals surface area contributed by atoms with Crippen molar-refractivity contribution in [3.05, 3.63) is 34.3 Å². The number of hydrogen-bond donors (Lipinski definition) is 1. The van der Waals surface area contributed by atoms with Gasteiger partial charge in [-0.2, -0.15) is 0 Å².